The summed E-state index contributed by atoms with van der Waals surface area (Å²) in [6.07, 6.45) is 0. The zero-order chi connectivity index (χ0) is 18.8. The first-order valence-electron chi connectivity index (χ1n) is 8.02. The second-order valence-electron chi connectivity index (χ2n) is 6.22. The van der Waals surface area contributed by atoms with Crippen LogP contribution in [0.5, 0.6) is 5.75 Å². The van der Waals surface area contributed by atoms with Crippen molar-refractivity contribution in [3.8, 4) is 5.75 Å². The van der Waals surface area contributed by atoms with E-state index in [1.165, 1.54) is 12.1 Å². The van der Waals surface area contributed by atoms with Crippen molar-refractivity contribution in [3.05, 3.63) is 68.8 Å². The van der Waals surface area contributed by atoms with Crippen LogP contribution < -0.4 is 4.74 Å². The molecule has 0 bridgehead atoms. The van der Waals surface area contributed by atoms with Gasteiger partial charge in [-0.05, 0) is 32.2 Å². The van der Waals surface area contributed by atoms with E-state index >= 15 is 0 Å². The Hall–Kier alpha value is -2.58. The van der Waals surface area contributed by atoms with Crippen molar-refractivity contribution in [3.63, 3.8) is 0 Å². The number of fused-ring (bicyclic) bond motifs is 1. The molecule has 138 valence electrons. The Labute approximate surface area is 149 Å². The minimum Gasteiger partial charge on any atom is -0.467 e. The Kier molecular flexibility index (Phi) is 5.15. The summed E-state index contributed by atoms with van der Waals surface area (Å²) < 4.78 is 38.2. The molecule has 0 amide bonds. The highest BCUT2D eigenvalue weighted by Gasteiger charge is 2.24. The number of nitro benzene ring substituents is 1. The SMILES string of the molecule is CC(c1cc(F)ccc1F)N(C)Cc1cc([N+](=O)[O-])cc2c1OCOC2. The molecule has 0 aromatic heterocycles. The molecule has 3 rings (SSSR count). The van der Waals surface area contributed by atoms with Gasteiger partial charge in [0, 0.05) is 41.4 Å². The van der Waals surface area contributed by atoms with E-state index < -0.39 is 22.6 Å². The molecule has 0 fully saturated rings. The molecule has 2 aromatic carbocycles. The van der Waals surface area contributed by atoms with E-state index in [9.17, 15) is 18.9 Å². The molecule has 1 atom stereocenters. The molecule has 1 unspecified atom stereocenters. The lowest BCUT2D eigenvalue weighted by molar-refractivity contribution is -0.385. The van der Waals surface area contributed by atoms with Crippen LogP contribution in [-0.2, 0) is 17.9 Å². The van der Waals surface area contributed by atoms with Crippen LogP contribution in [0.25, 0.3) is 0 Å². The Morgan fingerprint density at radius 3 is 2.81 bits per heavy atom. The highest BCUT2D eigenvalue weighted by Crippen LogP contribution is 2.34. The van der Waals surface area contributed by atoms with Gasteiger partial charge in [0.15, 0.2) is 6.79 Å². The third-order valence-electron chi connectivity index (χ3n) is 4.47. The number of hydrogen-bond donors (Lipinski definition) is 0. The van der Waals surface area contributed by atoms with Crippen LogP contribution >= 0.6 is 0 Å². The number of non-ortho nitro benzene ring substituents is 1. The van der Waals surface area contributed by atoms with Crippen molar-refractivity contribution in [2.75, 3.05) is 13.8 Å². The first-order chi connectivity index (χ1) is 12.4. The number of halogens is 2. The molecular weight excluding hydrogens is 346 g/mol. The van der Waals surface area contributed by atoms with Crippen molar-refractivity contribution in [1.29, 1.82) is 0 Å². The maximum absolute atomic E-state index is 14.0. The summed E-state index contributed by atoms with van der Waals surface area (Å²) in [5, 5.41) is 11.2. The van der Waals surface area contributed by atoms with Gasteiger partial charge < -0.3 is 9.47 Å². The normalized spacial score (nSPS) is 14.7. The fourth-order valence-corrected chi connectivity index (χ4v) is 2.98. The van der Waals surface area contributed by atoms with Gasteiger partial charge >= 0.3 is 0 Å². The van der Waals surface area contributed by atoms with Gasteiger partial charge in [-0.2, -0.15) is 0 Å². The molecule has 1 aliphatic heterocycles. The summed E-state index contributed by atoms with van der Waals surface area (Å²) in [6, 6.07) is 5.73. The van der Waals surface area contributed by atoms with E-state index in [0.717, 1.165) is 18.2 Å². The standard InChI is InChI=1S/C18H18F2N2O4/c1-11(16-7-14(19)3-4-17(16)20)21(2)8-12-5-15(22(23)24)6-13-9-25-10-26-18(12)13/h3-7,11H,8-10H2,1-2H3. The molecular formula is C18H18F2N2O4. The van der Waals surface area contributed by atoms with Gasteiger partial charge in [0.2, 0.25) is 0 Å². The minimum absolute atomic E-state index is 0.0640. The summed E-state index contributed by atoms with van der Waals surface area (Å²) in [6.45, 7) is 2.30. The molecule has 0 saturated carbocycles. The van der Waals surface area contributed by atoms with Crippen molar-refractivity contribution in [2.24, 2.45) is 0 Å². The predicted octanol–water partition coefficient (Wildman–Crippen LogP) is 3.93. The lowest BCUT2D eigenvalue weighted by Gasteiger charge is -2.28. The number of rotatable bonds is 5. The third-order valence-corrected chi connectivity index (χ3v) is 4.47. The molecule has 1 aliphatic rings. The highest BCUT2D eigenvalue weighted by atomic mass is 19.1. The second-order valence-corrected chi connectivity index (χ2v) is 6.22. The van der Waals surface area contributed by atoms with E-state index in [4.69, 9.17) is 9.47 Å². The highest BCUT2D eigenvalue weighted by molar-refractivity contribution is 5.50. The molecule has 26 heavy (non-hydrogen) atoms. The largest absolute Gasteiger partial charge is 0.467 e. The van der Waals surface area contributed by atoms with Crippen molar-refractivity contribution in [2.45, 2.75) is 26.1 Å². The van der Waals surface area contributed by atoms with Gasteiger partial charge in [0.05, 0.1) is 11.5 Å². The number of nitro groups is 1. The molecule has 0 saturated heterocycles. The number of hydrogen-bond acceptors (Lipinski definition) is 5. The molecule has 0 spiro atoms. The van der Waals surface area contributed by atoms with Gasteiger partial charge in [-0.3, -0.25) is 15.0 Å². The molecule has 0 radical (unpaired) electrons. The topological polar surface area (TPSA) is 64.8 Å². The van der Waals surface area contributed by atoms with E-state index in [2.05, 4.69) is 0 Å². The van der Waals surface area contributed by atoms with Gasteiger partial charge in [-0.25, -0.2) is 8.78 Å². The monoisotopic (exact) mass is 364 g/mol. The lowest BCUT2D eigenvalue weighted by Crippen LogP contribution is -2.24. The number of ether oxygens (including phenoxy) is 2. The Balaban J connectivity index is 1.91. The smallest absolute Gasteiger partial charge is 0.270 e. The summed E-state index contributed by atoms with van der Waals surface area (Å²) in [5.41, 5.74) is 1.35. The Bertz CT molecular complexity index is 844. The summed E-state index contributed by atoms with van der Waals surface area (Å²) >= 11 is 0. The molecule has 1 heterocycles. The molecule has 0 N–H and O–H groups in total. The maximum Gasteiger partial charge on any atom is 0.270 e. The fourth-order valence-electron chi connectivity index (χ4n) is 2.98. The Morgan fingerprint density at radius 1 is 1.31 bits per heavy atom. The van der Waals surface area contributed by atoms with Crippen LogP contribution in [0.15, 0.2) is 30.3 Å². The first-order valence-corrected chi connectivity index (χ1v) is 8.02. The molecule has 0 aliphatic carbocycles. The van der Waals surface area contributed by atoms with Gasteiger partial charge in [-0.1, -0.05) is 0 Å². The van der Waals surface area contributed by atoms with Crippen LogP contribution in [0.1, 0.15) is 29.7 Å². The molecule has 8 heteroatoms. The van der Waals surface area contributed by atoms with E-state index in [1.807, 2.05) is 0 Å². The second kappa shape index (κ2) is 7.35. The van der Waals surface area contributed by atoms with Crippen LogP contribution in [0, 0.1) is 21.7 Å². The minimum atomic E-state index is -0.519. The average molecular weight is 364 g/mol. The average Bonchev–Trinajstić information content (AvgIpc) is 2.62. The van der Waals surface area contributed by atoms with Crippen molar-refractivity contribution in [1.82, 2.24) is 4.90 Å². The van der Waals surface area contributed by atoms with Crippen LogP contribution in [-0.4, -0.2) is 23.7 Å². The Morgan fingerprint density at radius 2 is 2.08 bits per heavy atom. The predicted molar refractivity (Wildman–Crippen MR) is 89.6 cm³/mol. The van der Waals surface area contributed by atoms with Gasteiger partial charge in [0.25, 0.3) is 5.69 Å². The van der Waals surface area contributed by atoms with Crippen molar-refractivity contribution < 1.29 is 23.2 Å². The first kappa shape index (κ1) is 18.2. The number of benzene rings is 2. The van der Waals surface area contributed by atoms with Crippen LogP contribution in [0.2, 0.25) is 0 Å². The molecule has 6 nitrogen and oxygen atoms in total. The summed E-state index contributed by atoms with van der Waals surface area (Å²) in [4.78, 5) is 12.5. The molecule has 2 aromatic rings. The van der Waals surface area contributed by atoms with Gasteiger partial charge in [0.1, 0.15) is 17.4 Å². The zero-order valence-corrected chi connectivity index (χ0v) is 14.4. The van der Waals surface area contributed by atoms with Crippen molar-refractivity contribution >= 4 is 5.69 Å². The van der Waals surface area contributed by atoms with Crippen LogP contribution in [0.3, 0.4) is 0 Å². The quantitative estimate of drug-likeness (QED) is 0.594. The fraction of sp³-hybridized carbons (Fsp3) is 0.333. The maximum atomic E-state index is 14.0. The van der Waals surface area contributed by atoms with E-state index in [0.29, 0.717) is 16.9 Å². The number of nitrogens with zero attached hydrogens (tertiary/aromatic N) is 2. The van der Waals surface area contributed by atoms with Crippen LogP contribution in [0.4, 0.5) is 14.5 Å². The summed E-state index contributed by atoms with van der Waals surface area (Å²) in [7, 11) is 1.74. The van der Waals surface area contributed by atoms with E-state index in [-0.39, 0.29) is 31.2 Å². The zero-order valence-electron chi connectivity index (χ0n) is 14.4. The third kappa shape index (κ3) is 3.66. The van der Waals surface area contributed by atoms with E-state index in [1.54, 1.807) is 18.9 Å². The summed E-state index contributed by atoms with van der Waals surface area (Å²) in [5.74, 6) is -0.480. The van der Waals surface area contributed by atoms with Gasteiger partial charge in [-0.15, -0.1) is 0 Å². The lowest BCUT2D eigenvalue weighted by atomic mass is 10.0.